The first kappa shape index (κ1) is 19.3. The van der Waals surface area contributed by atoms with E-state index in [1.165, 1.54) is 25.3 Å². The lowest BCUT2D eigenvalue weighted by Crippen LogP contribution is -2.37. The van der Waals surface area contributed by atoms with Gasteiger partial charge in [-0.25, -0.2) is 4.79 Å². The zero-order valence-corrected chi connectivity index (χ0v) is 15.2. The summed E-state index contributed by atoms with van der Waals surface area (Å²) < 4.78 is 10.1. The van der Waals surface area contributed by atoms with Gasteiger partial charge >= 0.3 is 5.97 Å². The number of hydrogen-bond donors (Lipinski definition) is 1. The quantitative estimate of drug-likeness (QED) is 0.478. The normalized spacial score (nSPS) is 13.7. The monoisotopic (exact) mass is 385 g/mol. The Kier molecular flexibility index (Phi) is 5.85. The van der Waals surface area contributed by atoms with E-state index in [0.717, 1.165) is 0 Å². The fourth-order valence-corrected chi connectivity index (χ4v) is 2.97. The van der Waals surface area contributed by atoms with Crippen molar-refractivity contribution < 1.29 is 24.0 Å². The number of hydrogen-bond acceptors (Lipinski definition) is 7. The predicted molar refractivity (Wildman–Crippen MR) is 102 cm³/mol. The van der Waals surface area contributed by atoms with Gasteiger partial charge in [-0.2, -0.15) is 0 Å². The first-order valence-corrected chi connectivity index (χ1v) is 8.61. The molecule has 0 radical (unpaired) electrons. The van der Waals surface area contributed by atoms with Crippen LogP contribution in [0.15, 0.2) is 42.5 Å². The van der Waals surface area contributed by atoms with Gasteiger partial charge in [-0.1, -0.05) is 12.1 Å². The van der Waals surface area contributed by atoms with E-state index >= 15 is 0 Å². The molecule has 0 aromatic heterocycles. The van der Waals surface area contributed by atoms with Crippen LogP contribution in [0.2, 0.25) is 0 Å². The standard InChI is InChI=1S/C19H19N3O6/c1-27-19(24)14-4-2-3-5-16(14)20-18(23)15-12-13(22(25)26)6-7-17(15)21-8-10-28-11-9-21/h2-7,12H,8-11H2,1H3,(H,20,23). The molecule has 146 valence electrons. The van der Waals surface area contributed by atoms with Crippen LogP contribution in [0.5, 0.6) is 0 Å². The molecule has 9 heteroatoms. The number of ether oxygens (including phenoxy) is 2. The Bertz CT molecular complexity index is 908. The first-order valence-electron chi connectivity index (χ1n) is 8.61. The highest BCUT2D eigenvalue weighted by atomic mass is 16.6. The molecule has 1 aliphatic rings. The van der Waals surface area contributed by atoms with Crippen LogP contribution in [0.1, 0.15) is 20.7 Å². The number of carbonyl (C=O) groups is 2. The smallest absolute Gasteiger partial charge is 0.339 e. The number of nitrogens with zero attached hydrogens (tertiary/aromatic N) is 2. The summed E-state index contributed by atoms with van der Waals surface area (Å²) in [7, 11) is 1.25. The molecule has 0 bridgehead atoms. The minimum Gasteiger partial charge on any atom is -0.465 e. The van der Waals surface area contributed by atoms with E-state index in [1.54, 1.807) is 24.3 Å². The number of morpholine rings is 1. The molecule has 0 spiro atoms. The highest BCUT2D eigenvalue weighted by Gasteiger charge is 2.23. The lowest BCUT2D eigenvalue weighted by Gasteiger charge is -2.30. The van der Waals surface area contributed by atoms with E-state index in [1.807, 2.05) is 4.90 Å². The van der Waals surface area contributed by atoms with Gasteiger partial charge in [0.2, 0.25) is 0 Å². The molecular weight excluding hydrogens is 366 g/mol. The van der Waals surface area contributed by atoms with Gasteiger partial charge in [-0.15, -0.1) is 0 Å². The SMILES string of the molecule is COC(=O)c1ccccc1NC(=O)c1cc([N+](=O)[O-])ccc1N1CCOCC1. The fourth-order valence-electron chi connectivity index (χ4n) is 2.97. The van der Waals surface area contributed by atoms with E-state index in [-0.39, 0.29) is 22.5 Å². The number of esters is 1. The molecule has 1 N–H and O–H groups in total. The van der Waals surface area contributed by atoms with Crippen molar-refractivity contribution in [2.24, 2.45) is 0 Å². The van der Waals surface area contributed by atoms with E-state index in [0.29, 0.717) is 32.0 Å². The van der Waals surface area contributed by atoms with Gasteiger partial charge in [0.1, 0.15) is 0 Å². The predicted octanol–water partition coefficient (Wildman–Crippen LogP) is 2.47. The van der Waals surface area contributed by atoms with Crippen molar-refractivity contribution in [3.63, 3.8) is 0 Å². The Morgan fingerprint density at radius 1 is 1.14 bits per heavy atom. The van der Waals surface area contributed by atoms with Crippen molar-refractivity contribution >= 4 is 28.9 Å². The number of amides is 1. The average Bonchev–Trinajstić information content (AvgIpc) is 2.73. The number of para-hydroxylation sites is 1. The van der Waals surface area contributed by atoms with Crippen LogP contribution in [-0.4, -0.2) is 50.2 Å². The van der Waals surface area contributed by atoms with Crippen molar-refractivity contribution in [2.45, 2.75) is 0 Å². The average molecular weight is 385 g/mol. The lowest BCUT2D eigenvalue weighted by atomic mass is 10.1. The Hall–Kier alpha value is -3.46. The molecule has 0 aliphatic carbocycles. The van der Waals surface area contributed by atoms with Crippen LogP contribution in [-0.2, 0) is 9.47 Å². The number of nitro benzene ring substituents is 1. The molecule has 1 aliphatic heterocycles. The van der Waals surface area contributed by atoms with Crippen LogP contribution < -0.4 is 10.2 Å². The maximum absolute atomic E-state index is 13.0. The second kappa shape index (κ2) is 8.49. The van der Waals surface area contributed by atoms with Crippen molar-refractivity contribution in [3.8, 4) is 0 Å². The maximum atomic E-state index is 13.0. The maximum Gasteiger partial charge on any atom is 0.339 e. The fraction of sp³-hybridized carbons (Fsp3) is 0.263. The largest absolute Gasteiger partial charge is 0.465 e. The Labute approximate surface area is 161 Å². The number of methoxy groups -OCH3 is 1. The third kappa shape index (κ3) is 4.09. The van der Waals surface area contributed by atoms with E-state index in [4.69, 9.17) is 9.47 Å². The van der Waals surface area contributed by atoms with Crippen molar-refractivity contribution in [3.05, 3.63) is 63.7 Å². The number of benzene rings is 2. The second-order valence-corrected chi connectivity index (χ2v) is 6.05. The summed E-state index contributed by atoms with van der Waals surface area (Å²) in [4.78, 5) is 37.5. The van der Waals surface area contributed by atoms with Crippen LogP contribution in [0, 0.1) is 10.1 Å². The third-order valence-corrected chi connectivity index (χ3v) is 4.37. The van der Waals surface area contributed by atoms with E-state index in [9.17, 15) is 19.7 Å². The highest BCUT2D eigenvalue weighted by Crippen LogP contribution is 2.28. The topological polar surface area (TPSA) is 111 Å². The molecule has 2 aromatic carbocycles. The van der Waals surface area contributed by atoms with Crippen molar-refractivity contribution in [1.82, 2.24) is 0 Å². The highest BCUT2D eigenvalue weighted by molar-refractivity contribution is 6.11. The number of nitrogens with one attached hydrogen (secondary N) is 1. The van der Waals surface area contributed by atoms with E-state index < -0.39 is 16.8 Å². The summed E-state index contributed by atoms with van der Waals surface area (Å²) in [5.74, 6) is -1.15. The zero-order chi connectivity index (χ0) is 20.1. The molecule has 0 unspecified atom stereocenters. The van der Waals surface area contributed by atoms with Gasteiger partial charge in [0.15, 0.2) is 0 Å². The molecule has 0 atom stereocenters. The summed E-state index contributed by atoms with van der Waals surface area (Å²) in [6, 6.07) is 10.6. The van der Waals surface area contributed by atoms with Gasteiger partial charge in [0.25, 0.3) is 11.6 Å². The molecule has 1 fully saturated rings. The van der Waals surface area contributed by atoms with Gasteiger partial charge in [0.05, 0.1) is 47.7 Å². The Morgan fingerprint density at radius 3 is 2.54 bits per heavy atom. The first-order chi connectivity index (χ1) is 13.5. The number of nitro groups is 1. The molecule has 1 heterocycles. The van der Waals surface area contributed by atoms with Gasteiger partial charge < -0.3 is 19.7 Å². The van der Waals surface area contributed by atoms with Gasteiger partial charge in [-0.3, -0.25) is 14.9 Å². The summed E-state index contributed by atoms with van der Waals surface area (Å²) in [5, 5.41) is 13.9. The van der Waals surface area contributed by atoms with Crippen LogP contribution in [0.25, 0.3) is 0 Å². The number of carbonyl (C=O) groups excluding carboxylic acids is 2. The van der Waals surface area contributed by atoms with Crippen LogP contribution >= 0.6 is 0 Å². The minimum atomic E-state index is -0.594. The molecule has 3 rings (SSSR count). The molecule has 1 amide bonds. The summed E-state index contributed by atoms with van der Waals surface area (Å²) in [5.41, 5.74) is 0.983. The van der Waals surface area contributed by atoms with Crippen LogP contribution in [0.4, 0.5) is 17.1 Å². The van der Waals surface area contributed by atoms with Crippen LogP contribution in [0.3, 0.4) is 0 Å². The number of anilines is 2. The number of non-ortho nitro benzene ring substituents is 1. The molecule has 1 saturated heterocycles. The lowest BCUT2D eigenvalue weighted by molar-refractivity contribution is -0.384. The summed E-state index contributed by atoms with van der Waals surface area (Å²) in [6.45, 7) is 2.14. The van der Waals surface area contributed by atoms with Gasteiger partial charge in [0, 0.05) is 25.2 Å². The second-order valence-electron chi connectivity index (χ2n) is 6.05. The number of rotatable bonds is 5. The minimum absolute atomic E-state index is 0.149. The summed E-state index contributed by atoms with van der Waals surface area (Å²) >= 11 is 0. The Balaban J connectivity index is 1.97. The molecular formula is C19H19N3O6. The molecule has 0 saturated carbocycles. The van der Waals surface area contributed by atoms with Crippen molar-refractivity contribution in [2.75, 3.05) is 43.6 Å². The Morgan fingerprint density at radius 2 is 1.86 bits per heavy atom. The molecule has 2 aromatic rings. The molecule has 9 nitrogen and oxygen atoms in total. The summed E-state index contributed by atoms with van der Waals surface area (Å²) in [6.07, 6.45) is 0. The van der Waals surface area contributed by atoms with Gasteiger partial charge in [-0.05, 0) is 18.2 Å². The van der Waals surface area contributed by atoms with Crippen molar-refractivity contribution in [1.29, 1.82) is 0 Å². The third-order valence-electron chi connectivity index (χ3n) is 4.37. The van der Waals surface area contributed by atoms with E-state index in [2.05, 4.69) is 5.32 Å². The molecule has 28 heavy (non-hydrogen) atoms. The zero-order valence-electron chi connectivity index (χ0n) is 15.2.